The van der Waals surface area contributed by atoms with Gasteiger partial charge in [-0.15, -0.1) is 0 Å². The lowest BCUT2D eigenvalue weighted by Gasteiger charge is -2.11. The molecule has 0 aliphatic rings. The molecule has 2 heterocycles. The minimum absolute atomic E-state index is 0.476. The molecule has 0 spiro atoms. The number of hydrogen-bond donors (Lipinski definition) is 1. The number of nitrogens with two attached hydrogens (primary N) is 1. The zero-order valence-corrected chi connectivity index (χ0v) is 11.5. The van der Waals surface area contributed by atoms with Crippen LogP contribution in [-0.2, 0) is 12.8 Å². The van der Waals surface area contributed by atoms with E-state index in [-0.39, 0.29) is 0 Å². The highest BCUT2D eigenvalue weighted by Crippen LogP contribution is 2.25. The van der Waals surface area contributed by atoms with E-state index in [0.717, 1.165) is 23.4 Å². The molecule has 2 N–H and O–H groups in total. The van der Waals surface area contributed by atoms with Gasteiger partial charge in [0, 0.05) is 11.8 Å². The van der Waals surface area contributed by atoms with E-state index in [9.17, 15) is 0 Å². The standard InChI is InChI=1S/C14H18N4O/c1-4-10-12(15)17-11(5-2)14(18-10)19-13-9(3)7-6-8-16-13/h6-8H,4-5H2,1-3H3,(H2,15,17). The van der Waals surface area contributed by atoms with E-state index in [0.29, 0.717) is 24.0 Å². The van der Waals surface area contributed by atoms with Crippen LogP contribution in [0.25, 0.3) is 0 Å². The van der Waals surface area contributed by atoms with E-state index in [4.69, 9.17) is 10.5 Å². The van der Waals surface area contributed by atoms with Crippen LogP contribution in [0.3, 0.4) is 0 Å². The van der Waals surface area contributed by atoms with Gasteiger partial charge in [-0.05, 0) is 25.8 Å². The first kappa shape index (κ1) is 13.3. The smallest absolute Gasteiger partial charge is 0.243 e. The van der Waals surface area contributed by atoms with E-state index >= 15 is 0 Å². The maximum Gasteiger partial charge on any atom is 0.243 e. The molecule has 5 nitrogen and oxygen atoms in total. The van der Waals surface area contributed by atoms with Crippen molar-refractivity contribution in [3.8, 4) is 11.8 Å². The Morgan fingerprint density at radius 3 is 2.47 bits per heavy atom. The molecular weight excluding hydrogens is 240 g/mol. The summed E-state index contributed by atoms with van der Waals surface area (Å²) in [5.41, 5.74) is 8.31. The Balaban J connectivity index is 2.41. The van der Waals surface area contributed by atoms with Gasteiger partial charge in [-0.1, -0.05) is 19.9 Å². The Hall–Kier alpha value is -2.17. The molecule has 0 unspecified atom stereocenters. The lowest BCUT2D eigenvalue weighted by atomic mass is 10.2. The average Bonchev–Trinajstić information content (AvgIpc) is 2.42. The van der Waals surface area contributed by atoms with Crippen LogP contribution in [0.15, 0.2) is 18.3 Å². The van der Waals surface area contributed by atoms with E-state index in [1.165, 1.54) is 0 Å². The first-order valence-corrected chi connectivity index (χ1v) is 6.40. The quantitative estimate of drug-likeness (QED) is 0.912. The minimum atomic E-state index is 0.476. The fraction of sp³-hybridized carbons (Fsp3) is 0.357. The highest BCUT2D eigenvalue weighted by Gasteiger charge is 2.13. The van der Waals surface area contributed by atoms with E-state index < -0.39 is 0 Å². The molecule has 0 radical (unpaired) electrons. The van der Waals surface area contributed by atoms with Gasteiger partial charge in [0.25, 0.3) is 0 Å². The molecule has 0 amide bonds. The average molecular weight is 258 g/mol. The highest BCUT2D eigenvalue weighted by atomic mass is 16.5. The van der Waals surface area contributed by atoms with Crippen LogP contribution in [0.1, 0.15) is 30.8 Å². The van der Waals surface area contributed by atoms with Gasteiger partial charge < -0.3 is 10.5 Å². The molecule has 2 aromatic rings. The summed E-state index contributed by atoms with van der Waals surface area (Å²) in [6, 6.07) is 3.81. The number of pyridine rings is 1. The summed E-state index contributed by atoms with van der Waals surface area (Å²) in [5, 5.41) is 0. The minimum Gasteiger partial charge on any atom is -0.418 e. The largest absolute Gasteiger partial charge is 0.418 e. The topological polar surface area (TPSA) is 73.9 Å². The SMILES string of the molecule is CCc1nc(Oc2ncccc2C)c(CC)nc1N. The Labute approximate surface area is 112 Å². The second-order valence-corrected chi connectivity index (χ2v) is 4.24. The summed E-state index contributed by atoms with van der Waals surface area (Å²) in [4.78, 5) is 13.0. The first-order chi connectivity index (χ1) is 9.15. The molecule has 0 fully saturated rings. The molecule has 19 heavy (non-hydrogen) atoms. The van der Waals surface area contributed by atoms with Crippen LogP contribution >= 0.6 is 0 Å². The molecule has 0 saturated carbocycles. The fourth-order valence-electron chi connectivity index (χ4n) is 1.74. The molecule has 100 valence electrons. The molecular formula is C14H18N4O. The number of ether oxygens (including phenoxy) is 1. The fourth-order valence-corrected chi connectivity index (χ4v) is 1.74. The Morgan fingerprint density at radius 1 is 1.11 bits per heavy atom. The van der Waals surface area contributed by atoms with Gasteiger partial charge in [0.1, 0.15) is 11.5 Å². The molecule has 2 rings (SSSR count). The third kappa shape index (κ3) is 2.81. The van der Waals surface area contributed by atoms with Crippen molar-refractivity contribution in [3.05, 3.63) is 35.3 Å². The molecule has 0 atom stereocenters. The van der Waals surface area contributed by atoms with Gasteiger partial charge in [0.15, 0.2) is 0 Å². The van der Waals surface area contributed by atoms with E-state index in [1.807, 2.05) is 32.9 Å². The third-order valence-corrected chi connectivity index (χ3v) is 2.86. The normalized spacial score (nSPS) is 10.5. The van der Waals surface area contributed by atoms with Gasteiger partial charge in [-0.2, -0.15) is 0 Å². The highest BCUT2D eigenvalue weighted by molar-refractivity contribution is 5.40. The molecule has 0 bridgehead atoms. The summed E-state index contributed by atoms with van der Waals surface area (Å²) in [6.45, 7) is 5.93. The van der Waals surface area contributed by atoms with Gasteiger partial charge >= 0.3 is 0 Å². The van der Waals surface area contributed by atoms with E-state index in [2.05, 4.69) is 15.0 Å². The summed E-state index contributed by atoms with van der Waals surface area (Å²) in [5.74, 6) is 1.53. The monoisotopic (exact) mass is 258 g/mol. The Bertz CT molecular complexity index is 584. The van der Waals surface area contributed by atoms with Gasteiger partial charge in [0.2, 0.25) is 11.8 Å². The van der Waals surface area contributed by atoms with Gasteiger partial charge in [-0.3, -0.25) is 0 Å². The number of hydrogen-bond acceptors (Lipinski definition) is 5. The van der Waals surface area contributed by atoms with Crippen LogP contribution in [-0.4, -0.2) is 15.0 Å². The van der Waals surface area contributed by atoms with Crippen molar-refractivity contribution in [2.75, 3.05) is 5.73 Å². The second kappa shape index (κ2) is 5.65. The van der Waals surface area contributed by atoms with Gasteiger partial charge in [-0.25, -0.2) is 15.0 Å². The van der Waals surface area contributed by atoms with E-state index in [1.54, 1.807) is 6.20 Å². The summed E-state index contributed by atoms with van der Waals surface area (Å²) in [7, 11) is 0. The predicted molar refractivity (Wildman–Crippen MR) is 74.2 cm³/mol. The third-order valence-electron chi connectivity index (χ3n) is 2.86. The second-order valence-electron chi connectivity index (χ2n) is 4.24. The number of aryl methyl sites for hydroxylation is 3. The first-order valence-electron chi connectivity index (χ1n) is 6.40. The van der Waals surface area contributed by atoms with Crippen molar-refractivity contribution in [1.29, 1.82) is 0 Å². The molecule has 5 heteroatoms. The summed E-state index contributed by atoms with van der Waals surface area (Å²) in [6.07, 6.45) is 3.13. The van der Waals surface area contributed by atoms with Crippen LogP contribution in [0.2, 0.25) is 0 Å². The lowest BCUT2D eigenvalue weighted by Crippen LogP contribution is -2.07. The van der Waals surface area contributed by atoms with Crippen LogP contribution in [0, 0.1) is 6.92 Å². The van der Waals surface area contributed by atoms with Crippen LogP contribution in [0.4, 0.5) is 5.82 Å². The zero-order chi connectivity index (χ0) is 13.8. The number of rotatable bonds is 4. The maximum absolute atomic E-state index is 5.85. The molecule has 0 saturated heterocycles. The maximum atomic E-state index is 5.85. The summed E-state index contributed by atoms with van der Waals surface area (Å²) < 4.78 is 5.79. The van der Waals surface area contributed by atoms with Crippen molar-refractivity contribution in [3.63, 3.8) is 0 Å². The molecule has 0 aliphatic heterocycles. The van der Waals surface area contributed by atoms with Crippen molar-refractivity contribution in [2.24, 2.45) is 0 Å². The molecule has 2 aromatic heterocycles. The predicted octanol–water partition coefficient (Wildman–Crippen LogP) is 2.68. The number of anilines is 1. The molecule has 0 aromatic carbocycles. The number of nitrogens with zero attached hydrogens (tertiary/aromatic N) is 3. The van der Waals surface area contributed by atoms with Crippen LogP contribution < -0.4 is 10.5 Å². The Morgan fingerprint density at radius 2 is 1.84 bits per heavy atom. The number of nitrogen functional groups attached to an aromatic ring is 1. The van der Waals surface area contributed by atoms with Gasteiger partial charge in [0.05, 0.1) is 5.69 Å². The molecule has 0 aliphatic carbocycles. The zero-order valence-electron chi connectivity index (χ0n) is 11.5. The van der Waals surface area contributed by atoms with Crippen LogP contribution in [0.5, 0.6) is 11.8 Å². The van der Waals surface area contributed by atoms with Crippen molar-refractivity contribution in [1.82, 2.24) is 15.0 Å². The van der Waals surface area contributed by atoms with Crippen molar-refractivity contribution < 1.29 is 4.74 Å². The summed E-state index contributed by atoms with van der Waals surface area (Å²) >= 11 is 0. The van der Waals surface area contributed by atoms with Crippen molar-refractivity contribution in [2.45, 2.75) is 33.6 Å². The van der Waals surface area contributed by atoms with Crippen molar-refractivity contribution >= 4 is 5.82 Å². The lowest BCUT2D eigenvalue weighted by molar-refractivity contribution is 0.430. The number of aromatic nitrogens is 3. The Kier molecular flexibility index (Phi) is 3.94.